The van der Waals surface area contributed by atoms with Crippen LogP contribution in [0.1, 0.15) is 5.82 Å². The van der Waals surface area contributed by atoms with E-state index in [-0.39, 0.29) is 0 Å². The van der Waals surface area contributed by atoms with E-state index in [2.05, 4.69) is 41.2 Å². The summed E-state index contributed by atoms with van der Waals surface area (Å²) in [6, 6.07) is 6.82. The van der Waals surface area contributed by atoms with Crippen molar-refractivity contribution in [1.82, 2.24) is 24.1 Å². The highest BCUT2D eigenvalue weighted by Crippen LogP contribution is 2.22. The molecule has 2 fully saturated rings. The van der Waals surface area contributed by atoms with Gasteiger partial charge in [-0.3, -0.25) is 9.80 Å². The summed E-state index contributed by atoms with van der Waals surface area (Å²) in [4.78, 5) is 18.5. The Bertz CT molecular complexity index is 675. The first-order chi connectivity index (χ1) is 12.2. The van der Waals surface area contributed by atoms with E-state index in [1.807, 2.05) is 31.3 Å². The number of aromatic nitrogens is 3. The molecule has 0 spiro atoms. The first kappa shape index (κ1) is 16.7. The van der Waals surface area contributed by atoms with Crippen molar-refractivity contribution in [2.75, 3.05) is 63.2 Å². The smallest absolute Gasteiger partial charge is 0.204 e. The van der Waals surface area contributed by atoms with E-state index in [4.69, 9.17) is 0 Å². The number of hydrogen-bond donors (Lipinski definition) is 0. The monoisotopic (exact) mass is 359 g/mol. The van der Waals surface area contributed by atoms with Crippen molar-refractivity contribution < 1.29 is 0 Å². The highest BCUT2D eigenvalue weighted by atomic mass is 32.1. The fraction of sp³-hybridized carbons (Fsp3) is 0.588. The topological polar surface area (TPSA) is 51.6 Å². The predicted octanol–water partition coefficient (Wildman–Crippen LogP) is 1.01. The summed E-state index contributed by atoms with van der Waals surface area (Å²) in [5.41, 5.74) is 0. The minimum atomic E-state index is 0.679. The van der Waals surface area contributed by atoms with Gasteiger partial charge in [0.2, 0.25) is 5.13 Å². The Kier molecular flexibility index (Phi) is 4.82. The molecular weight excluding hydrogens is 334 g/mol. The van der Waals surface area contributed by atoms with Gasteiger partial charge in [0.1, 0.15) is 5.82 Å². The Hall–Kier alpha value is -1.77. The zero-order chi connectivity index (χ0) is 17.2. The number of pyridine rings is 1. The highest BCUT2D eigenvalue weighted by Gasteiger charge is 2.34. The van der Waals surface area contributed by atoms with Crippen molar-refractivity contribution in [2.24, 2.45) is 0 Å². The molecule has 0 aliphatic carbocycles. The molecule has 2 aromatic rings. The van der Waals surface area contributed by atoms with Gasteiger partial charge in [0.15, 0.2) is 5.82 Å². The first-order valence-electron chi connectivity index (χ1n) is 8.81. The molecule has 0 unspecified atom stereocenters. The second-order valence-electron chi connectivity index (χ2n) is 6.95. The average Bonchev–Trinajstić information content (AvgIpc) is 3.08. The van der Waals surface area contributed by atoms with Crippen molar-refractivity contribution in [3.05, 3.63) is 30.2 Å². The fourth-order valence-electron chi connectivity index (χ4n) is 3.45. The quantitative estimate of drug-likeness (QED) is 0.789. The third kappa shape index (κ3) is 3.75. The number of hydrogen-bond acceptors (Lipinski definition) is 8. The Morgan fingerprint density at radius 3 is 2.60 bits per heavy atom. The number of rotatable bonds is 5. The van der Waals surface area contributed by atoms with E-state index >= 15 is 0 Å². The van der Waals surface area contributed by atoms with Gasteiger partial charge >= 0.3 is 0 Å². The summed E-state index contributed by atoms with van der Waals surface area (Å²) in [5, 5.41) is 0.984. The molecule has 25 heavy (non-hydrogen) atoms. The van der Waals surface area contributed by atoms with Crippen molar-refractivity contribution >= 4 is 22.5 Å². The van der Waals surface area contributed by atoms with Crippen LogP contribution in [0.5, 0.6) is 0 Å². The van der Waals surface area contributed by atoms with Crippen molar-refractivity contribution in [3.63, 3.8) is 0 Å². The third-order valence-electron chi connectivity index (χ3n) is 4.95. The van der Waals surface area contributed by atoms with E-state index in [1.54, 1.807) is 0 Å². The second kappa shape index (κ2) is 7.23. The average molecular weight is 360 g/mol. The van der Waals surface area contributed by atoms with Crippen LogP contribution in [0.15, 0.2) is 24.4 Å². The molecule has 0 radical (unpaired) electrons. The van der Waals surface area contributed by atoms with Crippen LogP contribution in [0.25, 0.3) is 0 Å². The van der Waals surface area contributed by atoms with Gasteiger partial charge in [0.25, 0.3) is 0 Å². The lowest BCUT2D eigenvalue weighted by Gasteiger charge is -2.48. The third-order valence-corrected chi connectivity index (χ3v) is 5.87. The van der Waals surface area contributed by atoms with Crippen LogP contribution in [0.3, 0.4) is 0 Å². The van der Waals surface area contributed by atoms with Crippen molar-refractivity contribution in [1.29, 1.82) is 0 Å². The molecule has 8 heteroatoms. The number of likely N-dealkylation sites (tertiary alicyclic amines) is 1. The van der Waals surface area contributed by atoms with Gasteiger partial charge < -0.3 is 9.80 Å². The van der Waals surface area contributed by atoms with Gasteiger partial charge in [-0.15, -0.1) is 0 Å². The summed E-state index contributed by atoms with van der Waals surface area (Å²) in [6.07, 6.45) is 1.87. The standard InChI is InChI=1S/C17H25N7S/c1-21(2)17-19-15(20-25-17)13-22-11-14(12-22)23-7-9-24(10-8-23)16-5-3-4-6-18-16/h3-6,14H,7-13H2,1-2H3. The Morgan fingerprint density at radius 2 is 1.96 bits per heavy atom. The maximum atomic E-state index is 4.58. The molecule has 0 aromatic carbocycles. The normalized spacial score (nSPS) is 19.8. The molecule has 0 amide bonds. The van der Waals surface area contributed by atoms with Gasteiger partial charge in [-0.1, -0.05) is 6.07 Å². The zero-order valence-electron chi connectivity index (χ0n) is 14.9. The van der Waals surface area contributed by atoms with Crippen LogP contribution in [-0.4, -0.2) is 83.5 Å². The fourth-order valence-corrected chi connectivity index (χ4v) is 4.05. The second-order valence-corrected chi connectivity index (χ2v) is 7.68. The molecule has 0 N–H and O–H groups in total. The van der Waals surface area contributed by atoms with Crippen LogP contribution in [0, 0.1) is 0 Å². The summed E-state index contributed by atoms with van der Waals surface area (Å²) < 4.78 is 4.46. The molecule has 2 saturated heterocycles. The molecule has 0 bridgehead atoms. The number of anilines is 2. The maximum absolute atomic E-state index is 4.58. The molecule has 2 aliphatic heterocycles. The van der Waals surface area contributed by atoms with Crippen molar-refractivity contribution in [2.45, 2.75) is 12.6 Å². The summed E-state index contributed by atoms with van der Waals surface area (Å²) >= 11 is 1.48. The number of piperazine rings is 1. The largest absolute Gasteiger partial charge is 0.354 e. The lowest BCUT2D eigenvalue weighted by molar-refractivity contribution is 0.0242. The van der Waals surface area contributed by atoms with Gasteiger partial charge in [-0.25, -0.2) is 9.97 Å². The van der Waals surface area contributed by atoms with E-state index < -0.39 is 0 Å². The SMILES string of the molecule is CN(C)c1nc(CN2CC(N3CCN(c4ccccn4)CC3)C2)ns1. The van der Waals surface area contributed by atoms with Gasteiger partial charge in [0, 0.05) is 77.1 Å². The van der Waals surface area contributed by atoms with E-state index in [0.717, 1.165) is 62.6 Å². The minimum Gasteiger partial charge on any atom is -0.354 e. The van der Waals surface area contributed by atoms with E-state index in [9.17, 15) is 0 Å². The molecular formula is C17H25N7S. The number of nitrogens with zero attached hydrogens (tertiary/aromatic N) is 7. The van der Waals surface area contributed by atoms with Gasteiger partial charge in [-0.2, -0.15) is 4.37 Å². The molecule has 2 aromatic heterocycles. The molecule has 0 saturated carbocycles. The highest BCUT2D eigenvalue weighted by molar-refractivity contribution is 7.09. The molecule has 7 nitrogen and oxygen atoms in total. The van der Waals surface area contributed by atoms with Crippen LogP contribution in [-0.2, 0) is 6.54 Å². The lowest BCUT2D eigenvalue weighted by atomic mass is 10.1. The Labute approximate surface area is 153 Å². The van der Waals surface area contributed by atoms with E-state index in [1.165, 1.54) is 11.5 Å². The van der Waals surface area contributed by atoms with E-state index in [0.29, 0.717) is 6.04 Å². The summed E-state index contributed by atoms with van der Waals surface area (Å²) in [5.74, 6) is 2.05. The Morgan fingerprint density at radius 1 is 1.16 bits per heavy atom. The van der Waals surface area contributed by atoms with Crippen molar-refractivity contribution in [3.8, 4) is 0 Å². The predicted molar refractivity (Wildman–Crippen MR) is 101 cm³/mol. The lowest BCUT2D eigenvalue weighted by Crippen LogP contribution is -2.62. The van der Waals surface area contributed by atoms with Gasteiger partial charge in [0.05, 0.1) is 6.54 Å². The molecule has 2 aliphatic rings. The molecule has 134 valence electrons. The molecule has 0 atom stereocenters. The zero-order valence-corrected chi connectivity index (χ0v) is 15.7. The summed E-state index contributed by atoms with van der Waals surface area (Å²) in [7, 11) is 4.02. The molecule has 4 heterocycles. The Balaban J connectivity index is 1.22. The van der Waals surface area contributed by atoms with Crippen LogP contribution < -0.4 is 9.80 Å². The molecule has 4 rings (SSSR count). The first-order valence-corrected chi connectivity index (χ1v) is 9.58. The maximum Gasteiger partial charge on any atom is 0.204 e. The van der Waals surface area contributed by atoms with Gasteiger partial charge in [-0.05, 0) is 12.1 Å². The van der Waals surface area contributed by atoms with Crippen LogP contribution >= 0.6 is 11.5 Å². The van der Waals surface area contributed by atoms with Crippen LogP contribution in [0.2, 0.25) is 0 Å². The van der Waals surface area contributed by atoms with Crippen LogP contribution in [0.4, 0.5) is 10.9 Å². The summed E-state index contributed by atoms with van der Waals surface area (Å²) in [6.45, 7) is 7.49. The minimum absolute atomic E-state index is 0.679.